The Morgan fingerprint density at radius 1 is 1.07 bits per heavy atom. The number of halogens is 2. The molecule has 0 bridgehead atoms. The van der Waals surface area contributed by atoms with E-state index in [1.165, 1.54) is 0 Å². The molecule has 8 heteroatoms. The van der Waals surface area contributed by atoms with Crippen LogP contribution in [0.2, 0.25) is 0 Å². The lowest BCUT2D eigenvalue weighted by atomic mass is 10.2. The van der Waals surface area contributed by atoms with Crippen molar-refractivity contribution in [2.24, 2.45) is 4.99 Å². The van der Waals surface area contributed by atoms with Gasteiger partial charge in [-0.2, -0.15) is 0 Å². The zero-order chi connectivity index (χ0) is 19.5. The van der Waals surface area contributed by atoms with E-state index >= 15 is 0 Å². The minimum Gasteiger partial charge on any atom is -0.494 e. The molecule has 0 fully saturated rings. The van der Waals surface area contributed by atoms with Crippen molar-refractivity contribution in [3.63, 3.8) is 0 Å². The molecule has 0 unspecified atom stereocenters. The molecule has 0 radical (unpaired) electrons. The largest absolute Gasteiger partial charge is 0.494 e. The van der Waals surface area contributed by atoms with Crippen molar-refractivity contribution in [2.75, 3.05) is 26.7 Å². The molecule has 0 aliphatic heterocycles. The summed E-state index contributed by atoms with van der Waals surface area (Å²) in [6.07, 6.45) is 0. The quantitative estimate of drug-likeness (QED) is 0.200. The van der Waals surface area contributed by atoms with Gasteiger partial charge in [-0.3, -0.25) is 9.79 Å². The van der Waals surface area contributed by atoms with Crippen LogP contribution in [0.25, 0.3) is 0 Å². The number of rotatable bonds is 8. The first-order chi connectivity index (χ1) is 13.1. The highest BCUT2D eigenvalue weighted by atomic mass is 127. The number of para-hydroxylation sites is 1. The van der Waals surface area contributed by atoms with Gasteiger partial charge in [-0.15, -0.1) is 24.0 Å². The van der Waals surface area contributed by atoms with Crippen molar-refractivity contribution in [2.45, 2.75) is 13.5 Å². The lowest BCUT2D eigenvalue weighted by molar-refractivity contribution is 0.0954. The summed E-state index contributed by atoms with van der Waals surface area (Å²) in [7, 11) is 1.71. The van der Waals surface area contributed by atoms with E-state index in [-0.39, 0.29) is 29.9 Å². The van der Waals surface area contributed by atoms with Crippen LogP contribution in [0.1, 0.15) is 22.8 Å². The summed E-state index contributed by atoms with van der Waals surface area (Å²) >= 11 is 3.37. The number of aliphatic imine (C=N–C) groups is 1. The summed E-state index contributed by atoms with van der Waals surface area (Å²) in [5.74, 6) is 1.42. The second kappa shape index (κ2) is 13.4. The Kier molecular flexibility index (Phi) is 11.6. The van der Waals surface area contributed by atoms with Gasteiger partial charge in [0, 0.05) is 42.3 Å². The van der Waals surface area contributed by atoms with Gasteiger partial charge in [0.05, 0.1) is 6.61 Å². The van der Waals surface area contributed by atoms with Crippen molar-refractivity contribution in [1.29, 1.82) is 0 Å². The second-order valence-electron chi connectivity index (χ2n) is 5.66. The average Bonchev–Trinajstić information content (AvgIpc) is 2.68. The summed E-state index contributed by atoms with van der Waals surface area (Å²) in [6, 6.07) is 15.2. The van der Waals surface area contributed by atoms with Crippen LogP contribution >= 0.6 is 39.9 Å². The minimum atomic E-state index is -0.105. The van der Waals surface area contributed by atoms with Gasteiger partial charge in [0.15, 0.2) is 5.96 Å². The maximum absolute atomic E-state index is 12.1. The predicted molar refractivity (Wildman–Crippen MR) is 128 cm³/mol. The number of nitrogens with one attached hydrogen (secondary N) is 3. The van der Waals surface area contributed by atoms with E-state index in [4.69, 9.17) is 4.74 Å². The number of hydrogen-bond acceptors (Lipinski definition) is 3. The highest BCUT2D eigenvalue weighted by Gasteiger charge is 2.06. The Bertz CT molecular complexity index is 786. The number of hydrogen-bond donors (Lipinski definition) is 3. The first-order valence-electron chi connectivity index (χ1n) is 8.83. The summed E-state index contributed by atoms with van der Waals surface area (Å²) in [6.45, 7) is 4.24. The van der Waals surface area contributed by atoms with Crippen molar-refractivity contribution in [3.05, 3.63) is 64.1 Å². The number of benzene rings is 2. The number of guanidine groups is 1. The van der Waals surface area contributed by atoms with Crippen molar-refractivity contribution < 1.29 is 9.53 Å². The Morgan fingerprint density at radius 3 is 2.54 bits per heavy atom. The molecule has 2 aromatic rings. The van der Waals surface area contributed by atoms with Crippen molar-refractivity contribution in [1.82, 2.24) is 16.0 Å². The Morgan fingerprint density at radius 2 is 1.82 bits per heavy atom. The lowest BCUT2D eigenvalue weighted by Gasteiger charge is -2.14. The van der Waals surface area contributed by atoms with Gasteiger partial charge in [0.25, 0.3) is 5.91 Å². The third-order valence-electron chi connectivity index (χ3n) is 3.73. The highest BCUT2D eigenvalue weighted by Crippen LogP contribution is 2.17. The fraction of sp³-hybridized carbons (Fsp3) is 0.300. The molecule has 0 heterocycles. The molecule has 152 valence electrons. The molecule has 2 rings (SSSR count). The smallest absolute Gasteiger partial charge is 0.251 e. The van der Waals surface area contributed by atoms with E-state index in [0.717, 1.165) is 15.8 Å². The van der Waals surface area contributed by atoms with E-state index < -0.39 is 0 Å². The van der Waals surface area contributed by atoms with E-state index in [0.29, 0.717) is 37.8 Å². The molecule has 0 saturated carbocycles. The maximum Gasteiger partial charge on any atom is 0.251 e. The molecule has 0 aromatic heterocycles. The molecular formula is C20H26BrIN4O2. The van der Waals surface area contributed by atoms with Gasteiger partial charge >= 0.3 is 0 Å². The van der Waals surface area contributed by atoms with Crippen LogP contribution in [0.15, 0.2) is 58.0 Å². The van der Waals surface area contributed by atoms with Gasteiger partial charge in [0.2, 0.25) is 0 Å². The zero-order valence-corrected chi connectivity index (χ0v) is 19.9. The molecular weight excluding hydrogens is 535 g/mol. The molecule has 0 aliphatic carbocycles. The third-order valence-corrected chi connectivity index (χ3v) is 4.23. The lowest BCUT2D eigenvalue weighted by Crippen LogP contribution is -2.41. The van der Waals surface area contributed by atoms with E-state index in [9.17, 15) is 4.79 Å². The second-order valence-corrected chi connectivity index (χ2v) is 6.58. The standard InChI is InChI=1S/C20H25BrN4O2.HI/c1-3-27-18-10-5-4-7-16(18)14-25-20(22-2)24-12-11-23-19(26)15-8-6-9-17(21)13-15;/h4-10,13H,3,11-12,14H2,1-2H3,(H,23,26)(H2,22,24,25);1H. The predicted octanol–water partition coefficient (Wildman–Crippen LogP) is 3.56. The van der Waals surface area contributed by atoms with Crippen LogP contribution in [-0.4, -0.2) is 38.6 Å². The molecule has 3 N–H and O–H groups in total. The molecule has 6 nitrogen and oxygen atoms in total. The molecule has 0 atom stereocenters. The van der Waals surface area contributed by atoms with Gasteiger partial charge < -0.3 is 20.7 Å². The summed E-state index contributed by atoms with van der Waals surface area (Å²) in [4.78, 5) is 16.3. The Labute approximate surface area is 191 Å². The molecule has 0 spiro atoms. The van der Waals surface area contributed by atoms with E-state index in [2.05, 4.69) is 36.9 Å². The average molecular weight is 561 g/mol. The first kappa shape index (κ1) is 24.2. The summed E-state index contributed by atoms with van der Waals surface area (Å²) in [5.41, 5.74) is 1.68. The van der Waals surface area contributed by atoms with Crippen LogP contribution in [0.5, 0.6) is 5.75 Å². The van der Waals surface area contributed by atoms with E-state index in [1.807, 2.05) is 43.3 Å². The monoisotopic (exact) mass is 560 g/mol. The fourth-order valence-corrected chi connectivity index (χ4v) is 2.83. The number of carbonyl (C=O) groups excluding carboxylic acids is 1. The summed E-state index contributed by atoms with van der Waals surface area (Å²) < 4.78 is 6.51. The number of ether oxygens (including phenoxy) is 1. The van der Waals surface area contributed by atoms with Gasteiger partial charge in [-0.25, -0.2) is 0 Å². The SMILES string of the molecule is CCOc1ccccc1CNC(=NC)NCCNC(=O)c1cccc(Br)c1.I. The highest BCUT2D eigenvalue weighted by molar-refractivity contribution is 14.0. The van der Waals surface area contributed by atoms with Crippen LogP contribution in [-0.2, 0) is 6.54 Å². The Balaban J connectivity index is 0.00000392. The number of nitrogens with zero attached hydrogens (tertiary/aromatic N) is 1. The zero-order valence-electron chi connectivity index (χ0n) is 16.0. The minimum absolute atomic E-state index is 0. The number of amides is 1. The van der Waals surface area contributed by atoms with E-state index in [1.54, 1.807) is 19.2 Å². The van der Waals surface area contributed by atoms with Gasteiger partial charge in [0.1, 0.15) is 5.75 Å². The van der Waals surface area contributed by atoms with Gasteiger partial charge in [-0.1, -0.05) is 40.2 Å². The van der Waals surface area contributed by atoms with Crippen LogP contribution in [0.4, 0.5) is 0 Å². The van der Waals surface area contributed by atoms with Crippen LogP contribution < -0.4 is 20.7 Å². The Hall–Kier alpha value is -1.81. The van der Waals surface area contributed by atoms with Crippen LogP contribution in [0, 0.1) is 0 Å². The molecule has 0 aliphatic rings. The number of carbonyl (C=O) groups is 1. The molecule has 1 amide bonds. The van der Waals surface area contributed by atoms with Gasteiger partial charge in [-0.05, 0) is 31.2 Å². The normalized spacial score (nSPS) is 10.6. The molecule has 0 saturated heterocycles. The molecule has 28 heavy (non-hydrogen) atoms. The topological polar surface area (TPSA) is 74.8 Å². The third kappa shape index (κ3) is 8.05. The first-order valence-corrected chi connectivity index (χ1v) is 9.62. The maximum atomic E-state index is 12.1. The van der Waals surface area contributed by atoms with Crippen LogP contribution in [0.3, 0.4) is 0 Å². The fourth-order valence-electron chi connectivity index (χ4n) is 2.43. The van der Waals surface area contributed by atoms with Crippen molar-refractivity contribution >= 4 is 51.8 Å². The summed E-state index contributed by atoms with van der Waals surface area (Å²) in [5, 5.41) is 9.32. The van der Waals surface area contributed by atoms with Crippen molar-refractivity contribution in [3.8, 4) is 5.75 Å². The molecule has 2 aromatic carbocycles.